The minimum Gasteiger partial charge on any atom is -0.327 e. The molecule has 1 saturated heterocycles. The quantitative estimate of drug-likeness (QED) is 0.854. The first-order valence-corrected chi connectivity index (χ1v) is 10.2. The SMILES string of the molecule is C[C@@H](c1ccc(F)cc1)[NH+]1CCN(S(=O)(=O)c2ccc(F)c(Cl)c2)CC1. The third-order valence-corrected chi connectivity index (χ3v) is 7.06. The molecular weight excluding hydrogens is 382 g/mol. The number of hydrogen-bond acceptors (Lipinski definition) is 2. The average molecular weight is 402 g/mol. The van der Waals surface area contributed by atoms with Gasteiger partial charge in [0.2, 0.25) is 10.0 Å². The first-order chi connectivity index (χ1) is 12.3. The van der Waals surface area contributed by atoms with Crippen molar-refractivity contribution in [3.8, 4) is 0 Å². The summed E-state index contributed by atoms with van der Waals surface area (Å²) in [6.07, 6.45) is 0. The van der Waals surface area contributed by atoms with Crippen molar-refractivity contribution >= 4 is 21.6 Å². The Morgan fingerprint density at radius 1 is 1.08 bits per heavy atom. The molecule has 0 spiro atoms. The molecular formula is C18H20ClF2N2O2S+. The van der Waals surface area contributed by atoms with Crippen LogP contribution in [-0.2, 0) is 10.0 Å². The lowest BCUT2D eigenvalue weighted by Gasteiger charge is -2.35. The molecule has 0 bridgehead atoms. The number of benzene rings is 2. The Morgan fingerprint density at radius 3 is 2.27 bits per heavy atom. The Balaban J connectivity index is 1.69. The fourth-order valence-electron chi connectivity index (χ4n) is 3.22. The molecule has 2 aromatic carbocycles. The van der Waals surface area contributed by atoms with Gasteiger partial charge in [0, 0.05) is 5.56 Å². The van der Waals surface area contributed by atoms with Crippen molar-refractivity contribution in [2.75, 3.05) is 26.2 Å². The second-order valence-electron chi connectivity index (χ2n) is 6.41. The largest absolute Gasteiger partial charge is 0.327 e. The van der Waals surface area contributed by atoms with Crippen molar-refractivity contribution in [1.29, 1.82) is 0 Å². The van der Waals surface area contributed by atoms with Crippen molar-refractivity contribution in [2.45, 2.75) is 17.9 Å². The number of sulfonamides is 1. The molecule has 0 aromatic heterocycles. The molecule has 3 rings (SSSR count). The van der Waals surface area contributed by atoms with Crippen LogP contribution in [0.5, 0.6) is 0 Å². The van der Waals surface area contributed by atoms with Gasteiger partial charge in [0.05, 0.1) is 36.1 Å². The standard InChI is InChI=1S/C18H19ClF2N2O2S/c1-13(14-2-4-15(20)5-3-14)22-8-10-23(11-9-22)26(24,25)16-6-7-18(21)17(19)12-16/h2-7,12-13H,8-11H2,1H3/p+1/t13-/m0/s1. The van der Waals surface area contributed by atoms with E-state index in [9.17, 15) is 17.2 Å². The molecule has 26 heavy (non-hydrogen) atoms. The molecule has 0 aliphatic carbocycles. The zero-order chi connectivity index (χ0) is 18.9. The molecule has 1 fully saturated rings. The van der Waals surface area contributed by atoms with Crippen molar-refractivity contribution in [1.82, 2.24) is 4.31 Å². The summed E-state index contributed by atoms with van der Waals surface area (Å²) in [6.45, 7) is 4.03. The van der Waals surface area contributed by atoms with E-state index in [0.29, 0.717) is 26.2 Å². The van der Waals surface area contributed by atoms with E-state index in [0.717, 1.165) is 17.7 Å². The summed E-state index contributed by atoms with van der Waals surface area (Å²) in [7, 11) is -3.70. The van der Waals surface area contributed by atoms with Crippen molar-refractivity contribution in [3.63, 3.8) is 0 Å². The molecule has 1 heterocycles. The third-order valence-electron chi connectivity index (χ3n) is 4.88. The van der Waals surface area contributed by atoms with Gasteiger partial charge in [-0.1, -0.05) is 23.7 Å². The average Bonchev–Trinajstić information content (AvgIpc) is 2.64. The summed E-state index contributed by atoms with van der Waals surface area (Å²) < 4.78 is 53.2. The first-order valence-electron chi connectivity index (χ1n) is 8.34. The van der Waals surface area contributed by atoms with Crippen molar-refractivity contribution in [2.24, 2.45) is 0 Å². The fourth-order valence-corrected chi connectivity index (χ4v) is 4.93. The van der Waals surface area contributed by atoms with Crippen LogP contribution < -0.4 is 4.90 Å². The fraction of sp³-hybridized carbons (Fsp3) is 0.333. The van der Waals surface area contributed by atoms with E-state index in [-0.39, 0.29) is 21.8 Å². The van der Waals surface area contributed by atoms with Crippen molar-refractivity contribution in [3.05, 3.63) is 64.7 Å². The smallest absolute Gasteiger partial charge is 0.243 e. The number of hydrogen-bond donors (Lipinski definition) is 1. The lowest BCUT2D eigenvalue weighted by molar-refractivity contribution is -0.933. The van der Waals surface area contributed by atoms with E-state index in [1.165, 1.54) is 27.4 Å². The van der Waals surface area contributed by atoms with Gasteiger partial charge in [-0.2, -0.15) is 4.31 Å². The number of nitrogens with zero attached hydrogens (tertiary/aromatic N) is 1. The van der Waals surface area contributed by atoms with Crippen LogP contribution in [0.3, 0.4) is 0 Å². The summed E-state index contributed by atoms with van der Waals surface area (Å²) in [5, 5.41) is -0.208. The molecule has 8 heteroatoms. The predicted octanol–water partition coefficient (Wildman–Crippen LogP) is 2.27. The normalized spacial score (nSPS) is 18.0. The second kappa shape index (κ2) is 7.60. The Morgan fingerprint density at radius 2 is 1.69 bits per heavy atom. The van der Waals surface area contributed by atoms with E-state index in [1.54, 1.807) is 12.1 Å². The van der Waals surface area contributed by atoms with E-state index in [2.05, 4.69) is 0 Å². The van der Waals surface area contributed by atoms with Crippen LogP contribution in [0.25, 0.3) is 0 Å². The lowest BCUT2D eigenvalue weighted by atomic mass is 10.1. The number of piperazine rings is 1. The van der Waals surface area contributed by atoms with Crippen LogP contribution in [0, 0.1) is 11.6 Å². The monoisotopic (exact) mass is 401 g/mol. The van der Waals surface area contributed by atoms with Gasteiger partial charge in [0.1, 0.15) is 17.7 Å². The summed E-state index contributed by atoms with van der Waals surface area (Å²) >= 11 is 5.71. The van der Waals surface area contributed by atoms with Gasteiger partial charge in [0.15, 0.2) is 0 Å². The maximum absolute atomic E-state index is 13.3. The van der Waals surface area contributed by atoms with Gasteiger partial charge in [0.25, 0.3) is 0 Å². The zero-order valence-corrected chi connectivity index (χ0v) is 15.8. The number of rotatable bonds is 4. The molecule has 1 aliphatic rings. The van der Waals surface area contributed by atoms with Crippen LogP contribution in [-0.4, -0.2) is 38.9 Å². The Hall–Kier alpha value is -1.54. The summed E-state index contributed by atoms with van der Waals surface area (Å²) in [6, 6.07) is 9.97. The molecule has 4 nitrogen and oxygen atoms in total. The number of nitrogens with one attached hydrogen (secondary N) is 1. The minimum atomic E-state index is -3.70. The molecule has 0 amide bonds. The number of halogens is 3. The van der Waals surface area contributed by atoms with Gasteiger partial charge >= 0.3 is 0 Å². The second-order valence-corrected chi connectivity index (χ2v) is 8.76. The van der Waals surface area contributed by atoms with E-state index >= 15 is 0 Å². The summed E-state index contributed by atoms with van der Waals surface area (Å²) in [5.74, 6) is -0.919. The zero-order valence-electron chi connectivity index (χ0n) is 14.3. The summed E-state index contributed by atoms with van der Waals surface area (Å²) in [4.78, 5) is 1.24. The highest BCUT2D eigenvalue weighted by atomic mass is 35.5. The topological polar surface area (TPSA) is 41.8 Å². The van der Waals surface area contributed by atoms with Gasteiger partial charge < -0.3 is 4.90 Å². The lowest BCUT2D eigenvalue weighted by Crippen LogP contribution is -3.14. The molecule has 1 N–H and O–H groups in total. The van der Waals surface area contributed by atoms with Crippen LogP contribution in [0.1, 0.15) is 18.5 Å². The highest BCUT2D eigenvalue weighted by Gasteiger charge is 2.33. The van der Waals surface area contributed by atoms with E-state index < -0.39 is 15.8 Å². The minimum absolute atomic E-state index is 0.000988. The Labute approximate surface area is 157 Å². The summed E-state index contributed by atoms with van der Waals surface area (Å²) in [5.41, 5.74) is 1.02. The van der Waals surface area contributed by atoms with Gasteiger partial charge in [-0.05, 0) is 37.3 Å². The van der Waals surface area contributed by atoms with Crippen LogP contribution in [0.4, 0.5) is 8.78 Å². The predicted molar refractivity (Wildman–Crippen MR) is 95.7 cm³/mol. The highest BCUT2D eigenvalue weighted by Crippen LogP contribution is 2.22. The third kappa shape index (κ3) is 3.91. The van der Waals surface area contributed by atoms with E-state index in [4.69, 9.17) is 11.6 Å². The van der Waals surface area contributed by atoms with Gasteiger partial charge in [-0.25, -0.2) is 17.2 Å². The Bertz CT molecular complexity index is 883. The van der Waals surface area contributed by atoms with Gasteiger partial charge in [-0.15, -0.1) is 0 Å². The van der Waals surface area contributed by atoms with Crippen LogP contribution in [0.15, 0.2) is 47.4 Å². The maximum Gasteiger partial charge on any atom is 0.243 e. The van der Waals surface area contributed by atoms with Crippen LogP contribution in [0.2, 0.25) is 5.02 Å². The van der Waals surface area contributed by atoms with Crippen LogP contribution >= 0.6 is 11.6 Å². The Kier molecular flexibility index (Phi) is 5.62. The van der Waals surface area contributed by atoms with Crippen molar-refractivity contribution < 1.29 is 22.1 Å². The van der Waals surface area contributed by atoms with Gasteiger partial charge in [-0.3, -0.25) is 0 Å². The molecule has 0 radical (unpaired) electrons. The highest BCUT2D eigenvalue weighted by molar-refractivity contribution is 7.89. The molecule has 0 unspecified atom stereocenters. The molecule has 2 aromatic rings. The molecule has 0 saturated carbocycles. The molecule has 1 atom stereocenters. The molecule has 1 aliphatic heterocycles. The first kappa shape index (κ1) is 19.2. The maximum atomic E-state index is 13.3. The van der Waals surface area contributed by atoms with E-state index in [1.807, 2.05) is 6.92 Å². The number of quaternary nitrogens is 1. The molecule has 140 valence electrons.